The summed E-state index contributed by atoms with van der Waals surface area (Å²) in [6, 6.07) is 14.3. The van der Waals surface area contributed by atoms with Crippen molar-refractivity contribution >= 4 is 11.9 Å². The molecule has 0 unspecified atom stereocenters. The zero-order valence-electron chi connectivity index (χ0n) is 13.0. The average Bonchev–Trinajstić information content (AvgIpc) is 2.60. The summed E-state index contributed by atoms with van der Waals surface area (Å²) >= 11 is 0. The Hall–Kier alpha value is -3.02. The van der Waals surface area contributed by atoms with Crippen LogP contribution in [0.15, 0.2) is 48.5 Å². The summed E-state index contributed by atoms with van der Waals surface area (Å²) in [7, 11) is 0. The molecule has 0 atom stereocenters. The minimum absolute atomic E-state index is 0.205. The van der Waals surface area contributed by atoms with Gasteiger partial charge in [-0.1, -0.05) is 36.4 Å². The van der Waals surface area contributed by atoms with Crippen molar-refractivity contribution in [2.45, 2.75) is 6.54 Å². The van der Waals surface area contributed by atoms with Gasteiger partial charge in [0.15, 0.2) is 11.5 Å². The number of carbonyl (C=O) groups excluding carboxylic acids is 1. The molecule has 1 amide bonds. The molecule has 0 aliphatic carbocycles. The number of carboxylic acid groups (broad SMARTS) is 1. The Labute approximate surface area is 139 Å². The van der Waals surface area contributed by atoms with Crippen LogP contribution in [-0.4, -0.2) is 41.6 Å². The van der Waals surface area contributed by atoms with Crippen molar-refractivity contribution in [3.05, 3.63) is 59.7 Å². The van der Waals surface area contributed by atoms with Gasteiger partial charge in [0.2, 0.25) is 0 Å². The summed E-state index contributed by atoms with van der Waals surface area (Å²) in [5, 5.41) is 9.15. The molecule has 0 fully saturated rings. The van der Waals surface area contributed by atoms with Crippen molar-refractivity contribution in [3.63, 3.8) is 0 Å². The van der Waals surface area contributed by atoms with Crippen LogP contribution in [0.4, 0.5) is 0 Å². The highest BCUT2D eigenvalue weighted by molar-refractivity contribution is 5.99. The maximum Gasteiger partial charge on any atom is 0.323 e. The average molecular weight is 327 g/mol. The van der Waals surface area contributed by atoms with Crippen molar-refractivity contribution in [3.8, 4) is 11.5 Å². The molecular formula is C18H17NO5. The SMILES string of the molecule is O=C(O)CN(Cc1ccccc1)C(=O)c1cccc2c1OCCO2. The summed E-state index contributed by atoms with van der Waals surface area (Å²) in [5.74, 6) is -0.593. The Balaban J connectivity index is 1.90. The van der Waals surface area contributed by atoms with Crippen LogP contribution in [0.25, 0.3) is 0 Å². The van der Waals surface area contributed by atoms with Crippen molar-refractivity contribution in [1.29, 1.82) is 0 Å². The van der Waals surface area contributed by atoms with Gasteiger partial charge < -0.3 is 19.5 Å². The van der Waals surface area contributed by atoms with E-state index < -0.39 is 18.4 Å². The zero-order chi connectivity index (χ0) is 16.9. The van der Waals surface area contributed by atoms with Gasteiger partial charge in [-0.05, 0) is 17.7 Å². The third kappa shape index (κ3) is 3.48. The van der Waals surface area contributed by atoms with E-state index in [-0.39, 0.29) is 6.54 Å². The topological polar surface area (TPSA) is 76.1 Å². The third-order valence-electron chi connectivity index (χ3n) is 3.63. The molecule has 6 heteroatoms. The first-order valence-electron chi connectivity index (χ1n) is 7.59. The number of rotatable bonds is 5. The lowest BCUT2D eigenvalue weighted by molar-refractivity contribution is -0.137. The fourth-order valence-corrected chi connectivity index (χ4v) is 2.58. The first-order chi connectivity index (χ1) is 11.6. The van der Waals surface area contributed by atoms with Crippen molar-refractivity contribution < 1.29 is 24.2 Å². The second kappa shape index (κ2) is 7.04. The smallest absolute Gasteiger partial charge is 0.323 e. The molecule has 1 aliphatic rings. The second-order valence-electron chi connectivity index (χ2n) is 5.37. The summed E-state index contributed by atoms with van der Waals surface area (Å²) in [5.41, 5.74) is 1.17. The second-order valence-corrected chi connectivity index (χ2v) is 5.37. The maximum absolute atomic E-state index is 12.9. The Kier molecular flexibility index (Phi) is 4.65. The van der Waals surface area contributed by atoms with E-state index in [1.807, 2.05) is 30.3 Å². The first kappa shape index (κ1) is 15.9. The van der Waals surface area contributed by atoms with E-state index in [0.717, 1.165) is 5.56 Å². The van der Waals surface area contributed by atoms with Crippen LogP contribution in [-0.2, 0) is 11.3 Å². The van der Waals surface area contributed by atoms with E-state index in [9.17, 15) is 9.59 Å². The monoisotopic (exact) mass is 327 g/mol. The zero-order valence-corrected chi connectivity index (χ0v) is 13.0. The number of nitrogens with zero attached hydrogens (tertiary/aromatic N) is 1. The van der Waals surface area contributed by atoms with Crippen LogP contribution in [0.3, 0.4) is 0 Å². The van der Waals surface area contributed by atoms with Crippen LogP contribution in [0.1, 0.15) is 15.9 Å². The molecule has 2 aromatic rings. The van der Waals surface area contributed by atoms with Crippen LogP contribution >= 0.6 is 0 Å². The number of para-hydroxylation sites is 1. The number of hydrogen-bond acceptors (Lipinski definition) is 4. The molecule has 1 heterocycles. The minimum Gasteiger partial charge on any atom is -0.486 e. The number of carboxylic acids is 1. The normalized spacial score (nSPS) is 12.5. The highest BCUT2D eigenvalue weighted by Gasteiger charge is 2.25. The van der Waals surface area contributed by atoms with Crippen molar-refractivity contribution in [2.75, 3.05) is 19.8 Å². The van der Waals surface area contributed by atoms with E-state index in [1.165, 1.54) is 4.90 Å². The number of fused-ring (bicyclic) bond motifs is 1. The molecule has 1 N–H and O–H groups in total. The van der Waals surface area contributed by atoms with Gasteiger partial charge in [0, 0.05) is 6.54 Å². The lowest BCUT2D eigenvalue weighted by Gasteiger charge is -2.25. The van der Waals surface area contributed by atoms with E-state index >= 15 is 0 Å². The fourth-order valence-electron chi connectivity index (χ4n) is 2.58. The molecule has 0 bridgehead atoms. The Morgan fingerprint density at radius 3 is 2.50 bits per heavy atom. The van der Waals surface area contributed by atoms with Crippen LogP contribution in [0, 0.1) is 0 Å². The van der Waals surface area contributed by atoms with Crippen molar-refractivity contribution in [2.24, 2.45) is 0 Å². The van der Waals surface area contributed by atoms with Gasteiger partial charge >= 0.3 is 5.97 Å². The number of ether oxygens (including phenoxy) is 2. The fraction of sp³-hybridized carbons (Fsp3) is 0.222. The number of aliphatic carboxylic acids is 1. The van der Waals surface area contributed by atoms with Crippen LogP contribution in [0.5, 0.6) is 11.5 Å². The molecule has 3 rings (SSSR count). The third-order valence-corrected chi connectivity index (χ3v) is 3.63. The molecule has 124 valence electrons. The first-order valence-corrected chi connectivity index (χ1v) is 7.59. The molecule has 2 aromatic carbocycles. The number of benzene rings is 2. The van der Waals surface area contributed by atoms with Gasteiger partial charge in [0.25, 0.3) is 5.91 Å². The maximum atomic E-state index is 12.9. The van der Waals surface area contributed by atoms with Gasteiger partial charge in [-0.2, -0.15) is 0 Å². The number of amides is 1. The Morgan fingerprint density at radius 1 is 1.00 bits per heavy atom. The van der Waals surface area contributed by atoms with E-state index in [2.05, 4.69) is 0 Å². The predicted molar refractivity (Wildman–Crippen MR) is 86.3 cm³/mol. The molecule has 0 saturated carbocycles. The molecule has 0 radical (unpaired) electrons. The van der Waals surface area contributed by atoms with Gasteiger partial charge in [-0.3, -0.25) is 9.59 Å². The van der Waals surface area contributed by atoms with Gasteiger partial charge in [-0.15, -0.1) is 0 Å². The minimum atomic E-state index is -1.07. The summed E-state index contributed by atoms with van der Waals surface area (Å²) < 4.78 is 11.0. The Morgan fingerprint density at radius 2 is 1.75 bits per heavy atom. The molecular weight excluding hydrogens is 310 g/mol. The predicted octanol–water partition coefficient (Wildman–Crippen LogP) is 2.18. The van der Waals surface area contributed by atoms with Gasteiger partial charge in [0.1, 0.15) is 19.8 Å². The standard InChI is InChI=1S/C18H17NO5/c20-16(21)12-19(11-13-5-2-1-3-6-13)18(22)14-7-4-8-15-17(14)24-10-9-23-15/h1-8H,9-12H2,(H,20,21). The van der Waals surface area contributed by atoms with Crippen LogP contribution < -0.4 is 9.47 Å². The largest absolute Gasteiger partial charge is 0.486 e. The lowest BCUT2D eigenvalue weighted by atomic mass is 10.1. The van der Waals surface area contributed by atoms with Gasteiger partial charge in [-0.25, -0.2) is 0 Å². The highest BCUT2D eigenvalue weighted by Crippen LogP contribution is 2.34. The molecule has 6 nitrogen and oxygen atoms in total. The lowest BCUT2D eigenvalue weighted by Crippen LogP contribution is -2.35. The molecule has 0 aromatic heterocycles. The summed E-state index contributed by atoms with van der Waals surface area (Å²) in [6.07, 6.45) is 0. The van der Waals surface area contributed by atoms with Gasteiger partial charge in [0.05, 0.1) is 5.56 Å². The van der Waals surface area contributed by atoms with E-state index in [0.29, 0.717) is 30.3 Å². The Bertz CT molecular complexity index is 744. The van der Waals surface area contributed by atoms with E-state index in [4.69, 9.17) is 14.6 Å². The molecule has 0 saturated heterocycles. The molecule has 0 spiro atoms. The quantitative estimate of drug-likeness (QED) is 0.911. The van der Waals surface area contributed by atoms with E-state index in [1.54, 1.807) is 18.2 Å². The van der Waals surface area contributed by atoms with Crippen molar-refractivity contribution in [1.82, 2.24) is 4.90 Å². The summed E-state index contributed by atoms with van der Waals surface area (Å²) in [4.78, 5) is 25.3. The molecule has 1 aliphatic heterocycles. The number of carbonyl (C=O) groups is 2. The summed E-state index contributed by atoms with van der Waals surface area (Å²) in [6.45, 7) is 0.594. The molecule has 24 heavy (non-hydrogen) atoms. The number of hydrogen-bond donors (Lipinski definition) is 1. The highest BCUT2D eigenvalue weighted by atomic mass is 16.6. The van der Waals surface area contributed by atoms with Crippen LogP contribution in [0.2, 0.25) is 0 Å².